The molecule has 6 atom stereocenters. The Morgan fingerprint density at radius 1 is 1.06 bits per heavy atom. The van der Waals surface area contributed by atoms with E-state index < -0.39 is 54.6 Å². The average molecular weight is 517 g/mol. The lowest BCUT2D eigenvalue weighted by Gasteiger charge is -2.32. The van der Waals surface area contributed by atoms with E-state index in [1.54, 1.807) is 17.2 Å². The van der Waals surface area contributed by atoms with Crippen LogP contribution in [-0.2, 0) is 38.1 Å². The zero-order valence-corrected chi connectivity index (χ0v) is 19.1. The first-order valence-electron chi connectivity index (χ1n) is 8.99. The topological polar surface area (TPSA) is 213 Å². The Balaban J connectivity index is 1.61. The highest BCUT2D eigenvalue weighted by molar-refractivity contribution is 7.66. The molecule has 0 aromatic heterocycles. The van der Waals surface area contributed by atoms with Crippen LogP contribution in [0, 0.1) is 6.92 Å². The van der Waals surface area contributed by atoms with Crippen molar-refractivity contribution in [2.24, 2.45) is 0 Å². The average Bonchev–Trinajstić information content (AvgIpc) is 2.91. The zero-order chi connectivity index (χ0) is 23.9. The first-order valence-corrected chi connectivity index (χ1v) is 13.5. The van der Waals surface area contributed by atoms with Crippen molar-refractivity contribution < 1.29 is 61.4 Å². The van der Waals surface area contributed by atoms with Crippen LogP contribution >= 0.6 is 23.5 Å². The minimum Gasteiger partial charge on any atom is -0.387 e. The van der Waals surface area contributed by atoms with Crippen LogP contribution in [0.4, 0.5) is 0 Å². The smallest absolute Gasteiger partial charge is 0.387 e. The summed E-state index contributed by atoms with van der Waals surface area (Å²) in [5.41, 5.74) is 3.00. The molecular weight excluding hydrogens is 495 g/mol. The molecule has 32 heavy (non-hydrogen) atoms. The number of aliphatic hydroxyl groups is 2. The third kappa shape index (κ3) is 6.55. The fourth-order valence-corrected chi connectivity index (χ4v) is 6.26. The zero-order valence-electron chi connectivity index (χ0n) is 16.4. The van der Waals surface area contributed by atoms with Gasteiger partial charge in [0, 0.05) is 12.7 Å². The molecule has 1 aromatic rings. The second-order valence-corrected chi connectivity index (χ2v) is 11.5. The largest absolute Gasteiger partial charge is 0.490 e. The summed E-state index contributed by atoms with van der Waals surface area (Å²) >= 11 is 0. The monoisotopic (exact) mass is 517 g/mol. The van der Waals surface area contributed by atoms with E-state index in [1.807, 2.05) is 25.1 Å². The minimum atomic E-state index is -5.66. The molecule has 6 N–H and O–H groups in total. The Labute approximate surface area is 182 Å². The van der Waals surface area contributed by atoms with Crippen molar-refractivity contribution in [3.05, 3.63) is 41.1 Å². The predicted molar refractivity (Wildman–Crippen MR) is 106 cm³/mol. The van der Waals surface area contributed by atoms with Crippen molar-refractivity contribution >= 4 is 29.5 Å². The number of aliphatic hydroxyl groups excluding tert-OH is 2. The number of hydrogen-bond donors (Lipinski definition) is 6. The van der Waals surface area contributed by atoms with Gasteiger partial charge in [0.15, 0.2) is 6.23 Å². The standard InChI is InChI=1S/C15H22NO13P3/c1-9-2-3-11-7-16(5-4-10(11)6-9)15-14(18)13(17)12(27-15)8-26-31(22,23)29-32(24,25)28-30(19,20)21/h2-6,12-15,17-18H,7-8H2,1H3,(H,22,23)(H,24,25)(H2,19,20,21)/t12-,13?,14?,15-/m1/s1. The number of phosphoric ester groups is 1. The molecule has 0 bridgehead atoms. The first-order chi connectivity index (χ1) is 14.7. The highest BCUT2D eigenvalue weighted by atomic mass is 31.3. The number of phosphoric acid groups is 3. The van der Waals surface area contributed by atoms with Gasteiger partial charge in [0.2, 0.25) is 0 Å². The number of fused-ring (bicyclic) bond motifs is 1. The van der Waals surface area contributed by atoms with Crippen molar-refractivity contribution in [1.82, 2.24) is 4.90 Å². The normalized spacial score (nSPS) is 29.4. The van der Waals surface area contributed by atoms with E-state index in [0.717, 1.165) is 16.7 Å². The number of nitrogens with zero attached hydrogens (tertiary/aromatic N) is 1. The maximum absolute atomic E-state index is 11.8. The predicted octanol–water partition coefficient (Wildman–Crippen LogP) is 0.571. The summed E-state index contributed by atoms with van der Waals surface area (Å²) in [6.07, 6.45) is -1.90. The fourth-order valence-electron chi connectivity index (χ4n) is 3.23. The van der Waals surface area contributed by atoms with Crippen LogP contribution in [0.1, 0.15) is 16.7 Å². The number of ether oxygens (including phenoxy) is 1. The first kappa shape index (κ1) is 25.7. The van der Waals surface area contributed by atoms with E-state index in [2.05, 4.69) is 13.1 Å². The summed E-state index contributed by atoms with van der Waals surface area (Å²) in [7, 11) is -16.6. The van der Waals surface area contributed by atoms with Gasteiger partial charge in [-0.3, -0.25) is 4.52 Å². The lowest BCUT2D eigenvalue weighted by Crippen LogP contribution is -2.41. The van der Waals surface area contributed by atoms with Crippen molar-refractivity contribution in [2.75, 3.05) is 6.61 Å². The molecule has 3 rings (SSSR count). The summed E-state index contributed by atoms with van der Waals surface area (Å²) in [5, 5.41) is 20.6. The Bertz CT molecular complexity index is 1030. The molecule has 1 fully saturated rings. The van der Waals surface area contributed by atoms with Gasteiger partial charge in [-0.25, -0.2) is 13.7 Å². The van der Waals surface area contributed by atoms with Crippen LogP contribution in [-0.4, -0.2) is 65.8 Å². The molecule has 1 saturated heterocycles. The molecule has 2 aliphatic rings. The minimum absolute atomic E-state index is 0.350. The molecule has 0 radical (unpaired) electrons. The summed E-state index contributed by atoms with van der Waals surface area (Å²) in [4.78, 5) is 37.3. The Morgan fingerprint density at radius 3 is 2.41 bits per heavy atom. The third-order valence-electron chi connectivity index (χ3n) is 4.58. The van der Waals surface area contributed by atoms with Gasteiger partial charge in [-0.1, -0.05) is 23.8 Å². The van der Waals surface area contributed by atoms with Gasteiger partial charge in [0.25, 0.3) is 0 Å². The second kappa shape index (κ2) is 9.36. The quantitative estimate of drug-likeness (QED) is 0.260. The highest BCUT2D eigenvalue weighted by Gasteiger charge is 2.47. The SMILES string of the molecule is Cc1ccc2c(c1)C=CN([C@@H]1O[C@H](COP(=O)(O)OP(=O)(O)OP(=O)(O)O)C(O)C1O)C2. The van der Waals surface area contributed by atoms with E-state index in [4.69, 9.17) is 19.4 Å². The van der Waals surface area contributed by atoms with E-state index in [1.165, 1.54) is 0 Å². The Hall–Kier alpha value is -0.950. The van der Waals surface area contributed by atoms with Crippen LogP contribution in [0.15, 0.2) is 24.4 Å². The van der Waals surface area contributed by atoms with Gasteiger partial charge in [-0.2, -0.15) is 8.62 Å². The van der Waals surface area contributed by atoms with Gasteiger partial charge >= 0.3 is 23.5 Å². The summed E-state index contributed by atoms with van der Waals surface area (Å²) in [5.74, 6) is 0. The summed E-state index contributed by atoms with van der Waals surface area (Å²) in [6, 6.07) is 5.81. The van der Waals surface area contributed by atoms with Crippen molar-refractivity contribution in [3.8, 4) is 0 Å². The molecule has 0 saturated carbocycles. The third-order valence-corrected chi connectivity index (χ3v) is 8.38. The van der Waals surface area contributed by atoms with Gasteiger partial charge in [0.05, 0.1) is 6.61 Å². The van der Waals surface area contributed by atoms with E-state index in [-0.39, 0.29) is 0 Å². The molecule has 4 unspecified atom stereocenters. The van der Waals surface area contributed by atoms with Gasteiger partial charge in [0.1, 0.15) is 18.3 Å². The van der Waals surface area contributed by atoms with Gasteiger partial charge in [-0.15, -0.1) is 0 Å². The summed E-state index contributed by atoms with van der Waals surface area (Å²) < 4.78 is 51.1. The molecule has 0 spiro atoms. The maximum atomic E-state index is 11.8. The summed E-state index contributed by atoms with van der Waals surface area (Å²) in [6.45, 7) is 1.43. The molecule has 17 heteroatoms. The maximum Gasteiger partial charge on any atom is 0.490 e. The lowest BCUT2D eigenvalue weighted by molar-refractivity contribution is -0.0819. The Kier molecular flexibility index (Phi) is 7.51. The van der Waals surface area contributed by atoms with Crippen molar-refractivity contribution in [3.63, 3.8) is 0 Å². The van der Waals surface area contributed by atoms with E-state index in [9.17, 15) is 28.8 Å². The van der Waals surface area contributed by atoms with Crippen LogP contribution in [0.5, 0.6) is 0 Å². The number of benzene rings is 1. The molecule has 14 nitrogen and oxygen atoms in total. The number of hydrogen-bond acceptors (Lipinski definition) is 10. The van der Waals surface area contributed by atoms with Crippen LogP contribution in [0.3, 0.4) is 0 Å². The molecule has 1 aromatic carbocycles. The molecule has 2 heterocycles. The number of rotatable bonds is 8. The Morgan fingerprint density at radius 2 is 1.75 bits per heavy atom. The molecule has 2 aliphatic heterocycles. The van der Waals surface area contributed by atoms with Crippen molar-refractivity contribution in [2.45, 2.75) is 38.0 Å². The van der Waals surface area contributed by atoms with Crippen LogP contribution in [0.2, 0.25) is 0 Å². The van der Waals surface area contributed by atoms with E-state index in [0.29, 0.717) is 6.54 Å². The number of aryl methyl sites for hydroxylation is 1. The fraction of sp³-hybridized carbons (Fsp3) is 0.467. The van der Waals surface area contributed by atoms with Gasteiger partial charge in [-0.05, 0) is 24.1 Å². The van der Waals surface area contributed by atoms with Gasteiger partial charge < -0.3 is 39.4 Å². The van der Waals surface area contributed by atoms with Crippen LogP contribution in [0.25, 0.3) is 6.08 Å². The molecule has 180 valence electrons. The van der Waals surface area contributed by atoms with Crippen molar-refractivity contribution in [1.29, 1.82) is 0 Å². The second-order valence-electron chi connectivity index (χ2n) is 7.12. The lowest BCUT2D eigenvalue weighted by atomic mass is 10.0. The molecule has 0 amide bonds. The molecule has 0 aliphatic carbocycles. The van der Waals surface area contributed by atoms with Crippen LogP contribution < -0.4 is 0 Å². The molecular formula is C15H22NO13P3. The van der Waals surface area contributed by atoms with E-state index >= 15 is 0 Å². The highest BCUT2D eigenvalue weighted by Crippen LogP contribution is 2.66.